The van der Waals surface area contributed by atoms with E-state index >= 15 is 0 Å². The van der Waals surface area contributed by atoms with E-state index < -0.39 is 0 Å². The molecular formula is C21H24Cl2N2O2. The number of halogens is 2. The number of ether oxygens (including phenoxy) is 1. The van der Waals surface area contributed by atoms with Crippen LogP contribution >= 0.6 is 23.2 Å². The minimum atomic E-state index is 0.185. The van der Waals surface area contributed by atoms with Crippen molar-refractivity contribution in [1.29, 1.82) is 0 Å². The summed E-state index contributed by atoms with van der Waals surface area (Å²) in [5, 5.41) is 1.06. The largest absolute Gasteiger partial charge is 0.492 e. The summed E-state index contributed by atoms with van der Waals surface area (Å²) in [5.41, 5.74) is 2.49. The minimum Gasteiger partial charge on any atom is -0.492 e. The van der Waals surface area contributed by atoms with Gasteiger partial charge in [-0.3, -0.25) is 4.79 Å². The van der Waals surface area contributed by atoms with Crippen molar-refractivity contribution >= 4 is 34.8 Å². The molecule has 0 spiro atoms. The maximum atomic E-state index is 12.4. The van der Waals surface area contributed by atoms with Gasteiger partial charge in [0.05, 0.1) is 11.6 Å². The van der Waals surface area contributed by atoms with Gasteiger partial charge in [0.15, 0.2) is 0 Å². The molecule has 1 heterocycles. The van der Waals surface area contributed by atoms with Gasteiger partial charge in [0.2, 0.25) is 5.91 Å². The number of carbonyl (C=O) groups is 1. The van der Waals surface area contributed by atoms with Crippen molar-refractivity contribution in [2.24, 2.45) is 0 Å². The first kappa shape index (κ1) is 19.8. The predicted molar refractivity (Wildman–Crippen MR) is 111 cm³/mol. The number of amides is 1. The van der Waals surface area contributed by atoms with Gasteiger partial charge in [-0.25, -0.2) is 0 Å². The summed E-state index contributed by atoms with van der Waals surface area (Å²) in [6.07, 6.45) is 1.14. The van der Waals surface area contributed by atoms with E-state index in [2.05, 4.69) is 36.1 Å². The second-order valence-electron chi connectivity index (χ2n) is 6.73. The van der Waals surface area contributed by atoms with Crippen LogP contribution in [0.2, 0.25) is 10.0 Å². The molecule has 1 fully saturated rings. The first-order chi connectivity index (χ1) is 13.0. The van der Waals surface area contributed by atoms with Crippen LogP contribution < -0.4 is 9.64 Å². The van der Waals surface area contributed by atoms with Gasteiger partial charge in [-0.05, 0) is 49.2 Å². The maximum Gasteiger partial charge on any atom is 0.222 e. The van der Waals surface area contributed by atoms with Crippen molar-refractivity contribution in [3.8, 4) is 5.75 Å². The molecule has 0 radical (unpaired) electrons. The Balaban J connectivity index is 1.39. The van der Waals surface area contributed by atoms with E-state index in [4.69, 9.17) is 27.9 Å². The van der Waals surface area contributed by atoms with Crippen LogP contribution in [0.4, 0.5) is 5.69 Å². The number of benzene rings is 2. The summed E-state index contributed by atoms with van der Waals surface area (Å²) in [6.45, 7) is 5.81. The first-order valence-electron chi connectivity index (χ1n) is 9.20. The summed E-state index contributed by atoms with van der Waals surface area (Å²) in [5.74, 6) is 0.782. The third-order valence-electron chi connectivity index (χ3n) is 4.69. The number of hydrogen-bond donors (Lipinski definition) is 0. The van der Waals surface area contributed by atoms with Crippen molar-refractivity contribution in [3.63, 3.8) is 0 Å². The number of nitrogens with zero attached hydrogens (tertiary/aromatic N) is 2. The van der Waals surface area contributed by atoms with Gasteiger partial charge >= 0.3 is 0 Å². The Hall–Kier alpha value is -1.91. The van der Waals surface area contributed by atoms with Crippen LogP contribution in [0.5, 0.6) is 5.75 Å². The Morgan fingerprint density at radius 2 is 1.85 bits per heavy atom. The normalized spacial score (nSPS) is 14.3. The highest BCUT2D eigenvalue weighted by atomic mass is 35.5. The quantitative estimate of drug-likeness (QED) is 0.645. The lowest BCUT2D eigenvalue weighted by atomic mass is 10.2. The molecule has 0 unspecified atom stereocenters. The molecule has 0 aromatic heterocycles. The molecule has 2 aromatic carbocycles. The van der Waals surface area contributed by atoms with E-state index in [-0.39, 0.29) is 5.91 Å². The zero-order valence-electron chi connectivity index (χ0n) is 15.5. The highest BCUT2D eigenvalue weighted by Gasteiger charge is 2.21. The number of hydrogen-bond acceptors (Lipinski definition) is 3. The molecule has 0 atom stereocenters. The van der Waals surface area contributed by atoms with Gasteiger partial charge in [0.1, 0.15) is 5.75 Å². The molecule has 1 aliphatic heterocycles. The molecule has 0 N–H and O–H groups in total. The van der Waals surface area contributed by atoms with E-state index in [1.54, 1.807) is 18.2 Å². The van der Waals surface area contributed by atoms with Crippen LogP contribution in [0.25, 0.3) is 0 Å². The molecule has 1 aliphatic rings. The molecule has 144 valence electrons. The molecule has 27 heavy (non-hydrogen) atoms. The van der Waals surface area contributed by atoms with Crippen molar-refractivity contribution in [1.82, 2.24) is 4.90 Å². The summed E-state index contributed by atoms with van der Waals surface area (Å²) in [4.78, 5) is 16.7. The molecule has 0 aliphatic carbocycles. The predicted octanol–water partition coefficient (Wildman–Crippen LogP) is 4.81. The fraction of sp³-hybridized carbons (Fsp3) is 0.381. The van der Waals surface area contributed by atoms with Gasteiger partial charge in [-0.2, -0.15) is 0 Å². The van der Waals surface area contributed by atoms with Gasteiger partial charge in [-0.1, -0.05) is 35.3 Å². The van der Waals surface area contributed by atoms with Crippen LogP contribution in [0.1, 0.15) is 18.4 Å². The standard InChI is InChI=1S/C21H24Cl2N2O2/c1-16-4-2-5-18(14-16)24-9-11-25(12-10-24)21(26)6-3-13-27-20-8-7-17(22)15-19(20)23/h2,4-5,7-8,14-15H,3,6,9-13H2,1H3. The van der Waals surface area contributed by atoms with Crippen molar-refractivity contribution < 1.29 is 9.53 Å². The SMILES string of the molecule is Cc1cccc(N2CCN(C(=O)CCCOc3ccc(Cl)cc3Cl)CC2)c1. The zero-order chi connectivity index (χ0) is 19.2. The molecule has 2 aromatic rings. The molecule has 0 saturated carbocycles. The molecule has 3 rings (SSSR count). The molecule has 1 saturated heterocycles. The maximum absolute atomic E-state index is 12.4. The average molecular weight is 407 g/mol. The van der Waals surface area contributed by atoms with Gasteiger partial charge in [0, 0.05) is 43.3 Å². The van der Waals surface area contributed by atoms with E-state index in [1.165, 1.54) is 11.3 Å². The van der Waals surface area contributed by atoms with Gasteiger partial charge in [0.25, 0.3) is 0 Å². The van der Waals surface area contributed by atoms with Crippen molar-refractivity contribution in [3.05, 3.63) is 58.1 Å². The monoisotopic (exact) mass is 406 g/mol. The summed E-state index contributed by atoms with van der Waals surface area (Å²) >= 11 is 11.9. The third kappa shape index (κ3) is 5.53. The van der Waals surface area contributed by atoms with Crippen LogP contribution in [-0.4, -0.2) is 43.6 Å². The molecular weight excluding hydrogens is 383 g/mol. The Bertz CT molecular complexity index is 790. The van der Waals surface area contributed by atoms with E-state index in [0.29, 0.717) is 35.2 Å². The fourth-order valence-electron chi connectivity index (χ4n) is 3.19. The van der Waals surface area contributed by atoms with Crippen LogP contribution in [0.3, 0.4) is 0 Å². The van der Waals surface area contributed by atoms with E-state index in [9.17, 15) is 4.79 Å². The van der Waals surface area contributed by atoms with Gasteiger partial charge < -0.3 is 14.5 Å². The molecule has 0 bridgehead atoms. The van der Waals surface area contributed by atoms with Crippen LogP contribution in [0.15, 0.2) is 42.5 Å². The van der Waals surface area contributed by atoms with E-state index in [1.807, 2.05) is 4.90 Å². The molecule has 6 heteroatoms. The Kier molecular flexibility index (Phi) is 6.86. The number of carbonyl (C=O) groups excluding carboxylic acids is 1. The number of anilines is 1. The van der Waals surface area contributed by atoms with Gasteiger partial charge in [-0.15, -0.1) is 0 Å². The first-order valence-corrected chi connectivity index (χ1v) is 9.96. The lowest BCUT2D eigenvalue weighted by molar-refractivity contribution is -0.131. The lowest BCUT2D eigenvalue weighted by Crippen LogP contribution is -2.48. The number of aryl methyl sites for hydroxylation is 1. The summed E-state index contributed by atoms with van der Waals surface area (Å²) < 4.78 is 5.65. The topological polar surface area (TPSA) is 32.8 Å². The highest BCUT2D eigenvalue weighted by molar-refractivity contribution is 6.35. The molecule has 1 amide bonds. The lowest BCUT2D eigenvalue weighted by Gasteiger charge is -2.36. The third-order valence-corrected chi connectivity index (χ3v) is 5.22. The Morgan fingerprint density at radius 3 is 2.56 bits per heavy atom. The second kappa shape index (κ2) is 9.34. The summed E-state index contributed by atoms with van der Waals surface area (Å²) in [7, 11) is 0. The van der Waals surface area contributed by atoms with Crippen LogP contribution in [0, 0.1) is 6.92 Å². The Morgan fingerprint density at radius 1 is 1.07 bits per heavy atom. The Labute approximate surface area is 170 Å². The second-order valence-corrected chi connectivity index (χ2v) is 7.58. The van der Waals surface area contributed by atoms with Crippen molar-refractivity contribution in [2.45, 2.75) is 19.8 Å². The molecule has 4 nitrogen and oxygen atoms in total. The average Bonchev–Trinajstić information content (AvgIpc) is 2.66. The smallest absolute Gasteiger partial charge is 0.222 e. The highest BCUT2D eigenvalue weighted by Crippen LogP contribution is 2.27. The van der Waals surface area contributed by atoms with Crippen molar-refractivity contribution in [2.75, 3.05) is 37.7 Å². The number of piperazine rings is 1. The van der Waals surface area contributed by atoms with E-state index in [0.717, 1.165) is 26.2 Å². The fourth-order valence-corrected chi connectivity index (χ4v) is 3.66. The van der Waals surface area contributed by atoms with Crippen LogP contribution in [-0.2, 0) is 4.79 Å². The minimum absolute atomic E-state index is 0.185. The number of rotatable bonds is 6. The zero-order valence-corrected chi connectivity index (χ0v) is 17.0. The summed E-state index contributed by atoms with van der Waals surface area (Å²) in [6, 6.07) is 13.6.